The Kier molecular flexibility index (Phi) is 3.02. The molecular formula is C11H12FN5O2S. The molecule has 1 fully saturated rings. The van der Waals surface area contributed by atoms with Gasteiger partial charge in [-0.3, -0.25) is 4.68 Å². The first-order valence-electron chi connectivity index (χ1n) is 5.96. The van der Waals surface area contributed by atoms with Crippen molar-refractivity contribution in [3.8, 4) is 0 Å². The zero-order valence-corrected chi connectivity index (χ0v) is 11.4. The fourth-order valence-electron chi connectivity index (χ4n) is 2.01. The van der Waals surface area contributed by atoms with Crippen LogP contribution in [0.5, 0.6) is 0 Å². The highest BCUT2D eigenvalue weighted by Crippen LogP contribution is 2.41. The van der Waals surface area contributed by atoms with Crippen LogP contribution in [0.1, 0.15) is 17.9 Å². The molecule has 2 atom stereocenters. The zero-order chi connectivity index (χ0) is 14.3. The van der Waals surface area contributed by atoms with E-state index in [0.29, 0.717) is 6.42 Å². The lowest BCUT2D eigenvalue weighted by Crippen LogP contribution is -2.27. The number of nitrogens with zero attached hydrogens (tertiary/aromatic N) is 4. The summed E-state index contributed by atoms with van der Waals surface area (Å²) in [6, 6.07) is 2.67. The zero-order valence-electron chi connectivity index (χ0n) is 10.6. The first-order valence-corrected chi connectivity index (χ1v) is 7.44. The van der Waals surface area contributed by atoms with Gasteiger partial charge in [0.25, 0.3) is 10.0 Å². The smallest absolute Gasteiger partial charge is 0.254 e. The van der Waals surface area contributed by atoms with Crippen LogP contribution in [0.4, 0.5) is 4.39 Å². The molecule has 1 aliphatic rings. The number of aryl methyl sites for hydroxylation is 1. The molecule has 0 aliphatic heterocycles. The molecule has 1 aliphatic carbocycles. The summed E-state index contributed by atoms with van der Waals surface area (Å²) in [5, 5.41) is 7.06. The van der Waals surface area contributed by atoms with Crippen LogP contribution in [0, 0.1) is 5.95 Å². The normalized spacial score (nSPS) is 21.9. The number of sulfonamides is 1. The summed E-state index contributed by atoms with van der Waals surface area (Å²) >= 11 is 0. The molecule has 1 saturated carbocycles. The van der Waals surface area contributed by atoms with Crippen LogP contribution in [0.15, 0.2) is 29.6 Å². The van der Waals surface area contributed by atoms with Crippen LogP contribution >= 0.6 is 0 Å². The largest absolute Gasteiger partial charge is 0.261 e. The van der Waals surface area contributed by atoms with Gasteiger partial charge in [0.2, 0.25) is 11.0 Å². The monoisotopic (exact) mass is 297 g/mol. The first kappa shape index (κ1) is 13.1. The molecule has 2 aromatic rings. The van der Waals surface area contributed by atoms with Crippen LogP contribution in [0.2, 0.25) is 0 Å². The van der Waals surface area contributed by atoms with Crippen molar-refractivity contribution in [1.82, 2.24) is 24.7 Å². The molecule has 0 saturated heterocycles. The summed E-state index contributed by atoms with van der Waals surface area (Å²) in [5.74, 6) is -0.527. The van der Waals surface area contributed by atoms with Crippen molar-refractivity contribution in [2.45, 2.75) is 23.4 Å². The highest BCUT2D eigenvalue weighted by Gasteiger charge is 2.42. The number of nitrogens with one attached hydrogen (secondary N) is 1. The molecule has 1 N–H and O–H groups in total. The van der Waals surface area contributed by atoms with E-state index >= 15 is 0 Å². The topological polar surface area (TPSA) is 89.8 Å². The van der Waals surface area contributed by atoms with Crippen LogP contribution in [0.25, 0.3) is 0 Å². The highest BCUT2D eigenvalue weighted by atomic mass is 32.2. The predicted molar refractivity (Wildman–Crippen MR) is 66.7 cm³/mol. The van der Waals surface area contributed by atoms with Crippen molar-refractivity contribution in [3.05, 3.63) is 36.0 Å². The Morgan fingerprint density at radius 1 is 1.45 bits per heavy atom. The van der Waals surface area contributed by atoms with Crippen molar-refractivity contribution < 1.29 is 12.8 Å². The van der Waals surface area contributed by atoms with E-state index in [1.54, 1.807) is 13.1 Å². The molecule has 7 nitrogen and oxygen atoms in total. The second-order valence-electron chi connectivity index (χ2n) is 4.71. The molecular weight excluding hydrogens is 285 g/mol. The Labute approximate surface area is 114 Å². The van der Waals surface area contributed by atoms with Gasteiger partial charge in [-0.2, -0.15) is 4.39 Å². The van der Waals surface area contributed by atoms with Crippen molar-refractivity contribution in [2.24, 2.45) is 7.05 Å². The Morgan fingerprint density at radius 3 is 2.85 bits per heavy atom. The summed E-state index contributed by atoms with van der Waals surface area (Å²) < 4.78 is 40.7. The molecule has 0 aromatic carbocycles. The summed E-state index contributed by atoms with van der Waals surface area (Å²) in [7, 11) is -2.07. The van der Waals surface area contributed by atoms with E-state index in [-0.39, 0.29) is 17.0 Å². The van der Waals surface area contributed by atoms with E-state index in [1.165, 1.54) is 23.1 Å². The molecule has 0 bridgehead atoms. The molecule has 106 valence electrons. The van der Waals surface area contributed by atoms with Gasteiger partial charge < -0.3 is 0 Å². The first-order chi connectivity index (χ1) is 9.45. The second kappa shape index (κ2) is 4.60. The predicted octanol–water partition coefficient (Wildman–Crippen LogP) is 0.184. The lowest BCUT2D eigenvalue weighted by atomic mass is 10.2. The van der Waals surface area contributed by atoms with Gasteiger partial charge in [0.1, 0.15) is 0 Å². The van der Waals surface area contributed by atoms with Gasteiger partial charge in [0.05, 0.1) is 6.20 Å². The fraction of sp³-hybridized carbons (Fsp3) is 0.364. The standard InChI is InChI=1S/C11H12FN5O2S/c1-17-6-11(14-16-17)20(18,19)15-9-4-8(9)7-2-3-10(12)13-5-7/h2-3,5-6,8-9,15H,4H2,1H3/t8-,9+/m0/s1. The lowest BCUT2D eigenvalue weighted by molar-refractivity contribution is 0.574. The third-order valence-corrected chi connectivity index (χ3v) is 4.48. The third-order valence-electron chi connectivity index (χ3n) is 3.13. The van der Waals surface area contributed by atoms with Crippen molar-refractivity contribution in [2.75, 3.05) is 0 Å². The Balaban J connectivity index is 1.70. The minimum Gasteiger partial charge on any atom is -0.254 e. The third kappa shape index (κ3) is 2.54. The van der Waals surface area contributed by atoms with E-state index in [2.05, 4.69) is 20.0 Å². The van der Waals surface area contributed by atoms with Gasteiger partial charge >= 0.3 is 0 Å². The Morgan fingerprint density at radius 2 is 2.25 bits per heavy atom. The number of rotatable bonds is 4. The Hall–Kier alpha value is -1.87. The molecule has 2 heterocycles. The maximum atomic E-state index is 12.7. The molecule has 2 aromatic heterocycles. The van der Waals surface area contributed by atoms with Crippen molar-refractivity contribution >= 4 is 10.0 Å². The van der Waals surface area contributed by atoms with Gasteiger partial charge in [-0.1, -0.05) is 11.3 Å². The van der Waals surface area contributed by atoms with Crippen LogP contribution < -0.4 is 4.72 Å². The lowest BCUT2D eigenvalue weighted by Gasteiger charge is -2.03. The SMILES string of the molecule is Cn1cc(S(=O)(=O)N[C@@H]2C[C@H]2c2ccc(F)nc2)nn1. The average molecular weight is 297 g/mol. The van der Waals surface area contributed by atoms with Gasteiger partial charge in [0.15, 0.2) is 0 Å². The average Bonchev–Trinajstić information content (AvgIpc) is 2.98. The number of halogens is 1. The maximum Gasteiger partial charge on any atom is 0.261 e. The van der Waals surface area contributed by atoms with Crippen LogP contribution in [-0.2, 0) is 17.1 Å². The molecule has 0 amide bonds. The van der Waals surface area contributed by atoms with Crippen molar-refractivity contribution in [1.29, 1.82) is 0 Å². The highest BCUT2D eigenvalue weighted by molar-refractivity contribution is 7.89. The number of hydrogen-bond acceptors (Lipinski definition) is 5. The number of pyridine rings is 1. The number of hydrogen-bond donors (Lipinski definition) is 1. The second-order valence-corrected chi connectivity index (χ2v) is 6.38. The quantitative estimate of drug-likeness (QED) is 0.813. The van der Waals surface area contributed by atoms with Crippen LogP contribution in [0.3, 0.4) is 0 Å². The van der Waals surface area contributed by atoms with Gasteiger partial charge in [-0.15, -0.1) is 5.10 Å². The van der Waals surface area contributed by atoms with E-state index in [0.717, 1.165) is 5.56 Å². The fourth-order valence-corrected chi connectivity index (χ4v) is 3.22. The number of aromatic nitrogens is 4. The maximum absolute atomic E-state index is 12.7. The summed E-state index contributed by atoms with van der Waals surface area (Å²) in [5.41, 5.74) is 0.818. The molecule has 9 heteroatoms. The minimum atomic E-state index is -3.66. The van der Waals surface area contributed by atoms with Gasteiger partial charge in [0, 0.05) is 25.2 Å². The van der Waals surface area contributed by atoms with Gasteiger partial charge in [-0.25, -0.2) is 18.1 Å². The van der Waals surface area contributed by atoms with Crippen LogP contribution in [-0.4, -0.2) is 34.4 Å². The van der Waals surface area contributed by atoms with E-state index < -0.39 is 16.0 Å². The summed E-state index contributed by atoms with van der Waals surface area (Å²) in [6.45, 7) is 0. The molecule has 0 radical (unpaired) electrons. The van der Waals surface area contributed by atoms with E-state index in [4.69, 9.17) is 0 Å². The molecule has 20 heavy (non-hydrogen) atoms. The van der Waals surface area contributed by atoms with Crippen molar-refractivity contribution in [3.63, 3.8) is 0 Å². The van der Waals surface area contributed by atoms with E-state index in [9.17, 15) is 12.8 Å². The molecule has 0 spiro atoms. The molecule has 3 rings (SSSR count). The molecule has 0 unspecified atom stereocenters. The summed E-state index contributed by atoms with van der Waals surface area (Å²) in [6.07, 6.45) is 3.42. The summed E-state index contributed by atoms with van der Waals surface area (Å²) in [4.78, 5) is 3.56. The Bertz CT molecular complexity index is 728. The minimum absolute atomic E-state index is 0.0227. The van der Waals surface area contributed by atoms with Gasteiger partial charge in [-0.05, 0) is 18.1 Å². The van der Waals surface area contributed by atoms with E-state index in [1.807, 2.05) is 0 Å².